The molecule has 0 amide bonds. The first kappa shape index (κ1) is 29.1. The summed E-state index contributed by atoms with van der Waals surface area (Å²) in [5, 5.41) is 7.87. The van der Waals surface area contributed by atoms with E-state index in [1.54, 1.807) is 0 Å². The van der Waals surface area contributed by atoms with Crippen molar-refractivity contribution in [3.05, 3.63) is 194 Å². The molecule has 0 fully saturated rings. The predicted octanol–water partition coefficient (Wildman–Crippen LogP) is 9.72. The van der Waals surface area contributed by atoms with Gasteiger partial charge in [-0.05, 0) is 98.6 Å². The van der Waals surface area contributed by atoms with Crippen molar-refractivity contribution < 1.29 is 4.74 Å². The molecule has 0 saturated heterocycles. The van der Waals surface area contributed by atoms with Gasteiger partial charge in [0.15, 0.2) is 8.07 Å². The Morgan fingerprint density at radius 3 is 1.79 bits per heavy atom. The van der Waals surface area contributed by atoms with Gasteiger partial charge in [-0.3, -0.25) is 0 Å². The Bertz CT molecular complexity index is 2800. The van der Waals surface area contributed by atoms with E-state index in [0.29, 0.717) is 0 Å². The molecule has 244 valence electrons. The van der Waals surface area contributed by atoms with Crippen LogP contribution in [0.15, 0.2) is 194 Å². The molecule has 9 aromatic rings. The topological polar surface area (TPSA) is 17.4 Å². The smallest absolute Gasteiger partial charge is 0.189 e. The van der Waals surface area contributed by atoms with E-state index in [4.69, 9.17) is 4.74 Å². The van der Waals surface area contributed by atoms with E-state index in [1.807, 2.05) is 0 Å². The summed E-state index contributed by atoms with van der Waals surface area (Å²) in [5.74, 6) is 1.92. The monoisotopic (exact) mass is 680 g/mol. The summed E-state index contributed by atoms with van der Waals surface area (Å²) < 4.78 is 9.06. The zero-order chi connectivity index (χ0) is 34.2. The van der Waals surface area contributed by atoms with E-state index in [2.05, 4.69) is 204 Å². The van der Waals surface area contributed by atoms with Crippen LogP contribution in [0.4, 0.5) is 17.1 Å². The van der Waals surface area contributed by atoms with Crippen molar-refractivity contribution in [2.24, 2.45) is 0 Å². The number of rotatable bonds is 4. The van der Waals surface area contributed by atoms with Crippen LogP contribution < -0.4 is 30.4 Å². The molecular formula is C48H32N2OSi. The minimum absolute atomic E-state index is 0.958. The van der Waals surface area contributed by atoms with Crippen LogP contribution in [-0.4, -0.2) is 12.6 Å². The molecule has 2 aliphatic heterocycles. The van der Waals surface area contributed by atoms with E-state index in [-0.39, 0.29) is 0 Å². The van der Waals surface area contributed by atoms with Gasteiger partial charge in [0.05, 0.1) is 16.7 Å². The van der Waals surface area contributed by atoms with E-state index < -0.39 is 8.07 Å². The Balaban J connectivity index is 1.23. The van der Waals surface area contributed by atoms with Gasteiger partial charge in [0, 0.05) is 27.8 Å². The second-order valence-corrected chi connectivity index (χ2v) is 17.3. The zero-order valence-electron chi connectivity index (χ0n) is 28.3. The molecule has 0 bridgehead atoms. The van der Waals surface area contributed by atoms with Gasteiger partial charge in [-0.15, -0.1) is 0 Å². The second-order valence-electron chi connectivity index (χ2n) is 13.7. The lowest BCUT2D eigenvalue weighted by Gasteiger charge is -2.37. The van der Waals surface area contributed by atoms with Crippen LogP contribution in [0, 0.1) is 0 Å². The summed E-state index contributed by atoms with van der Waals surface area (Å²) >= 11 is 0. The van der Waals surface area contributed by atoms with Crippen molar-refractivity contribution in [2.75, 3.05) is 4.90 Å². The number of nitrogens with zero attached hydrogens (tertiary/aromatic N) is 2. The Labute approximate surface area is 303 Å². The highest BCUT2D eigenvalue weighted by atomic mass is 28.3. The number of aromatic nitrogens is 1. The van der Waals surface area contributed by atoms with Crippen LogP contribution in [0.25, 0.3) is 38.6 Å². The molecule has 0 N–H and O–H groups in total. The van der Waals surface area contributed by atoms with Gasteiger partial charge in [-0.2, -0.15) is 0 Å². The molecule has 3 nitrogen and oxygen atoms in total. The number of benzene rings is 8. The third kappa shape index (κ3) is 3.95. The molecule has 4 heteroatoms. The average molecular weight is 681 g/mol. The number of hydrogen-bond donors (Lipinski definition) is 0. The lowest BCUT2D eigenvalue weighted by Crippen LogP contribution is -2.74. The molecule has 1 spiro atoms. The molecule has 0 saturated carbocycles. The summed E-state index contributed by atoms with van der Waals surface area (Å²) in [4.78, 5) is 2.46. The van der Waals surface area contributed by atoms with Gasteiger partial charge in [0.25, 0.3) is 0 Å². The third-order valence-corrected chi connectivity index (χ3v) is 15.9. The lowest BCUT2D eigenvalue weighted by molar-refractivity contribution is 0.487. The molecule has 2 aliphatic rings. The summed E-state index contributed by atoms with van der Waals surface area (Å²) in [5.41, 5.74) is 9.55. The quantitative estimate of drug-likeness (QED) is 0.172. The third-order valence-electron chi connectivity index (χ3n) is 11.0. The first-order valence-corrected chi connectivity index (χ1v) is 19.9. The van der Waals surface area contributed by atoms with Gasteiger partial charge in [-0.25, -0.2) is 0 Å². The maximum absolute atomic E-state index is 6.66. The highest BCUT2D eigenvalue weighted by Crippen LogP contribution is 2.45. The Morgan fingerprint density at radius 1 is 0.423 bits per heavy atom. The van der Waals surface area contributed by atoms with Crippen molar-refractivity contribution in [3.8, 4) is 28.3 Å². The molecule has 0 radical (unpaired) electrons. The summed E-state index contributed by atoms with van der Waals surface area (Å²) in [6.07, 6.45) is 0. The first-order chi connectivity index (χ1) is 25.8. The fourth-order valence-electron chi connectivity index (χ4n) is 9.03. The normalized spacial score (nSPS) is 13.3. The van der Waals surface area contributed by atoms with Crippen molar-refractivity contribution in [1.29, 1.82) is 0 Å². The minimum Gasteiger partial charge on any atom is -0.458 e. The highest BCUT2D eigenvalue weighted by molar-refractivity contribution is 7.23. The first-order valence-electron chi connectivity index (χ1n) is 17.9. The summed E-state index contributed by atoms with van der Waals surface area (Å²) in [6, 6.07) is 70.8. The van der Waals surface area contributed by atoms with Crippen LogP contribution in [0.2, 0.25) is 0 Å². The Kier molecular flexibility index (Phi) is 6.27. The molecular weight excluding hydrogens is 649 g/mol. The number of hydrogen-bond acceptors (Lipinski definition) is 2. The van der Waals surface area contributed by atoms with Crippen LogP contribution >= 0.6 is 0 Å². The van der Waals surface area contributed by atoms with Gasteiger partial charge >= 0.3 is 0 Å². The predicted molar refractivity (Wildman–Crippen MR) is 218 cm³/mol. The number of para-hydroxylation sites is 5. The Hall–Kier alpha value is -6.62. The summed E-state index contributed by atoms with van der Waals surface area (Å²) in [7, 11) is -2.77. The van der Waals surface area contributed by atoms with Crippen molar-refractivity contribution >= 4 is 67.7 Å². The number of ether oxygens (including phenoxy) is 1. The van der Waals surface area contributed by atoms with Crippen molar-refractivity contribution in [1.82, 2.24) is 4.57 Å². The molecule has 52 heavy (non-hydrogen) atoms. The molecule has 0 unspecified atom stereocenters. The summed E-state index contributed by atoms with van der Waals surface area (Å²) in [6.45, 7) is 0. The fourth-order valence-corrected chi connectivity index (χ4v) is 14.4. The SMILES string of the molecule is c1ccc(N(c2ccc3c(c2)[Si]2(c4ccccc4Oc4ccccc42)c2ccccc2-3)c2cccc3c2c2ccccc2n3-c2ccccc2)cc1. The molecule has 11 rings (SSSR count). The number of anilines is 3. The maximum Gasteiger partial charge on any atom is 0.189 e. The molecule has 0 aliphatic carbocycles. The molecule has 1 aromatic heterocycles. The van der Waals surface area contributed by atoms with E-state index >= 15 is 0 Å². The molecule has 0 atom stereocenters. The highest BCUT2D eigenvalue weighted by Gasteiger charge is 2.53. The van der Waals surface area contributed by atoms with E-state index in [0.717, 1.165) is 34.2 Å². The fraction of sp³-hybridized carbons (Fsp3) is 0. The average Bonchev–Trinajstić information content (AvgIpc) is 3.70. The van der Waals surface area contributed by atoms with Crippen molar-refractivity contribution in [3.63, 3.8) is 0 Å². The number of fused-ring (bicyclic) bond motifs is 12. The van der Waals surface area contributed by atoms with Gasteiger partial charge in [0.2, 0.25) is 0 Å². The van der Waals surface area contributed by atoms with Gasteiger partial charge in [-0.1, -0.05) is 127 Å². The zero-order valence-corrected chi connectivity index (χ0v) is 29.3. The van der Waals surface area contributed by atoms with E-state index in [1.165, 1.54) is 53.7 Å². The van der Waals surface area contributed by atoms with Crippen molar-refractivity contribution in [2.45, 2.75) is 0 Å². The minimum atomic E-state index is -2.77. The Morgan fingerprint density at radius 2 is 1.02 bits per heavy atom. The standard InChI is InChI=1S/C48H32N2OSi/c1-3-16-33(17-4-1)49(40-23-15-24-41-48(40)38-21-7-9-22-39(38)50(41)34-18-5-2-6-19-34)35-30-31-37-36-20-8-12-27-44(36)52(47(37)32-35)45-28-13-10-25-42(45)51-43-26-11-14-29-46(43)52/h1-32H. The van der Waals surface area contributed by atoms with Crippen LogP contribution in [0.5, 0.6) is 11.5 Å². The van der Waals surface area contributed by atoms with Crippen LogP contribution in [-0.2, 0) is 0 Å². The second kappa shape index (κ2) is 11.2. The van der Waals surface area contributed by atoms with Gasteiger partial charge in [0.1, 0.15) is 11.5 Å². The van der Waals surface area contributed by atoms with Crippen LogP contribution in [0.1, 0.15) is 0 Å². The largest absolute Gasteiger partial charge is 0.458 e. The van der Waals surface area contributed by atoms with E-state index in [9.17, 15) is 0 Å². The van der Waals surface area contributed by atoms with Crippen LogP contribution in [0.3, 0.4) is 0 Å². The lowest BCUT2D eigenvalue weighted by atomic mass is 10.0. The maximum atomic E-state index is 6.66. The molecule has 8 aromatic carbocycles. The van der Waals surface area contributed by atoms with Gasteiger partial charge < -0.3 is 14.2 Å². The molecule has 3 heterocycles.